The van der Waals surface area contributed by atoms with E-state index in [0.29, 0.717) is 5.69 Å². The first-order valence-electron chi connectivity index (χ1n) is 5.44. The average molecular weight is 258 g/mol. The van der Waals surface area contributed by atoms with Crippen molar-refractivity contribution in [3.8, 4) is 0 Å². The van der Waals surface area contributed by atoms with Gasteiger partial charge in [-0.25, -0.2) is 4.39 Å². The maximum Gasteiger partial charge on any atom is 0.255 e. The Labute approximate surface area is 108 Å². The fraction of sp³-hybridized carbons (Fsp3) is 0. The smallest absolute Gasteiger partial charge is 0.255 e. The van der Waals surface area contributed by atoms with Gasteiger partial charge in [-0.2, -0.15) is 0 Å². The van der Waals surface area contributed by atoms with Crippen molar-refractivity contribution in [3.63, 3.8) is 0 Å². The molecule has 4 nitrogen and oxygen atoms in total. The SMILES string of the molecule is O=C([O-])c1cccc(NC(=O)c2cccc(F)c2)c1. The van der Waals surface area contributed by atoms with Crippen molar-refractivity contribution in [2.75, 3.05) is 5.32 Å². The van der Waals surface area contributed by atoms with Crippen LogP contribution in [-0.2, 0) is 0 Å². The minimum atomic E-state index is -1.33. The summed E-state index contributed by atoms with van der Waals surface area (Å²) in [4.78, 5) is 22.5. The van der Waals surface area contributed by atoms with E-state index in [1.54, 1.807) is 0 Å². The molecule has 0 atom stereocenters. The largest absolute Gasteiger partial charge is 0.545 e. The molecule has 0 aliphatic carbocycles. The summed E-state index contributed by atoms with van der Waals surface area (Å²) in [5.41, 5.74) is 0.409. The third-order valence-electron chi connectivity index (χ3n) is 2.44. The molecule has 0 spiro atoms. The number of amides is 1. The molecule has 0 aromatic heterocycles. The van der Waals surface area contributed by atoms with Gasteiger partial charge in [0.15, 0.2) is 0 Å². The quantitative estimate of drug-likeness (QED) is 0.905. The highest BCUT2D eigenvalue weighted by atomic mass is 19.1. The molecule has 0 heterocycles. The fourth-order valence-electron chi connectivity index (χ4n) is 1.56. The molecule has 2 rings (SSSR count). The summed E-state index contributed by atoms with van der Waals surface area (Å²) in [7, 11) is 0. The van der Waals surface area contributed by atoms with Gasteiger partial charge < -0.3 is 15.2 Å². The first kappa shape index (κ1) is 12.8. The zero-order valence-corrected chi connectivity index (χ0v) is 9.72. The minimum Gasteiger partial charge on any atom is -0.545 e. The van der Waals surface area contributed by atoms with E-state index in [0.717, 1.165) is 6.07 Å². The zero-order valence-electron chi connectivity index (χ0n) is 9.72. The molecule has 19 heavy (non-hydrogen) atoms. The van der Waals surface area contributed by atoms with Gasteiger partial charge in [0.2, 0.25) is 0 Å². The molecule has 0 unspecified atom stereocenters. The normalized spacial score (nSPS) is 9.95. The number of anilines is 1. The summed E-state index contributed by atoms with van der Waals surface area (Å²) in [5, 5.41) is 13.2. The standard InChI is InChI=1S/C14H10FNO3/c15-11-5-1-3-9(7-11)13(17)16-12-6-2-4-10(8-12)14(18)19/h1-8H,(H,16,17)(H,18,19)/p-1. The van der Waals surface area contributed by atoms with E-state index in [2.05, 4.69) is 5.32 Å². The van der Waals surface area contributed by atoms with E-state index in [1.807, 2.05) is 0 Å². The third-order valence-corrected chi connectivity index (χ3v) is 2.44. The maximum absolute atomic E-state index is 13.0. The monoisotopic (exact) mass is 258 g/mol. The van der Waals surface area contributed by atoms with Gasteiger partial charge in [0.1, 0.15) is 5.82 Å². The summed E-state index contributed by atoms with van der Waals surface area (Å²) in [5.74, 6) is -2.37. The van der Waals surface area contributed by atoms with E-state index in [-0.39, 0.29) is 11.1 Å². The molecule has 0 radical (unpaired) electrons. The van der Waals surface area contributed by atoms with Crippen LogP contribution >= 0.6 is 0 Å². The first-order valence-corrected chi connectivity index (χ1v) is 5.44. The number of nitrogens with one attached hydrogen (secondary N) is 1. The zero-order chi connectivity index (χ0) is 13.8. The van der Waals surface area contributed by atoms with Gasteiger partial charge >= 0.3 is 0 Å². The van der Waals surface area contributed by atoms with E-state index in [1.165, 1.54) is 42.5 Å². The summed E-state index contributed by atoms with van der Waals surface area (Å²) < 4.78 is 13.0. The molecule has 0 saturated heterocycles. The Balaban J connectivity index is 2.19. The number of carbonyl (C=O) groups excluding carboxylic acids is 2. The van der Waals surface area contributed by atoms with Gasteiger partial charge in [-0.05, 0) is 35.9 Å². The predicted octanol–water partition coefficient (Wildman–Crippen LogP) is 1.44. The van der Waals surface area contributed by atoms with Crippen LogP contribution in [0.5, 0.6) is 0 Å². The fourth-order valence-corrected chi connectivity index (χ4v) is 1.56. The Kier molecular flexibility index (Phi) is 3.56. The van der Waals surface area contributed by atoms with E-state index in [4.69, 9.17) is 0 Å². The Morgan fingerprint density at radius 2 is 1.68 bits per heavy atom. The average Bonchev–Trinajstić information content (AvgIpc) is 2.39. The Hall–Kier alpha value is -2.69. The second-order valence-electron chi connectivity index (χ2n) is 3.83. The molecule has 1 N–H and O–H groups in total. The second-order valence-corrected chi connectivity index (χ2v) is 3.83. The maximum atomic E-state index is 13.0. The summed E-state index contributed by atoms with van der Waals surface area (Å²) >= 11 is 0. The minimum absolute atomic E-state index is 0.0444. The molecule has 0 bridgehead atoms. The molecule has 0 fully saturated rings. The highest BCUT2D eigenvalue weighted by molar-refractivity contribution is 6.04. The molecule has 0 saturated carbocycles. The molecule has 2 aromatic rings. The van der Waals surface area contributed by atoms with Crippen molar-refractivity contribution < 1.29 is 19.1 Å². The van der Waals surface area contributed by atoms with Crippen LogP contribution in [0.1, 0.15) is 20.7 Å². The van der Waals surface area contributed by atoms with Crippen molar-refractivity contribution in [2.24, 2.45) is 0 Å². The van der Waals surface area contributed by atoms with Gasteiger partial charge in [-0.15, -0.1) is 0 Å². The van der Waals surface area contributed by atoms with Gasteiger partial charge in [-0.3, -0.25) is 4.79 Å². The van der Waals surface area contributed by atoms with Crippen LogP contribution < -0.4 is 10.4 Å². The van der Waals surface area contributed by atoms with Crippen LogP contribution in [0.4, 0.5) is 10.1 Å². The van der Waals surface area contributed by atoms with Gasteiger partial charge in [-0.1, -0.05) is 18.2 Å². The number of halogens is 1. The van der Waals surface area contributed by atoms with E-state index < -0.39 is 17.7 Å². The number of hydrogen-bond donors (Lipinski definition) is 1. The molecule has 2 aromatic carbocycles. The van der Waals surface area contributed by atoms with Crippen LogP contribution in [0.15, 0.2) is 48.5 Å². The number of carboxylic acids is 1. The van der Waals surface area contributed by atoms with Gasteiger partial charge in [0.05, 0.1) is 5.97 Å². The Morgan fingerprint density at radius 1 is 1.00 bits per heavy atom. The van der Waals surface area contributed by atoms with Crippen LogP contribution in [0.3, 0.4) is 0 Å². The second kappa shape index (κ2) is 5.30. The van der Waals surface area contributed by atoms with E-state index in [9.17, 15) is 19.1 Å². The molecule has 0 aliphatic heterocycles. The van der Waals surface area contributed by atoms with Gasteiger partial charge in [0.25, 0.3) is 5.91 Å². The van der Waals surface area contributed by atoms with Crippen molar-refractivity contribution in [1.29, 1.82) is 0 Å². The Morgan fingerprint density at radius 3 is 2.37 bits per heavy atom. The topological polar surface area (TPSA) is 69.2 Å². The molecule has 96 valence electrons. The van der Waals surface area contributed by atoms with Crippen LogP contribution in [0, 0.1) is 5.82 Å². The number of carboxylic acid groups (broad SMARTS) is 1. The van der Waals surface area contributed by atoms with Crippen LogP contribution in [-0.4, -0.2) is 11.9 Å². The lowest BCUT2D eigenvalue weighted by atomic mass is 10.1. The number of benzene rings is 2. The first-order chi connectivity index (χ1) is 9.06. The van der Waals surface area contributed by atoms with Gasteiger partial charge in [0, 0.05) is 11.3 Å². The Bertz CT molecular complexity index is 640. The molecule has 0 aliphatic rings. The summed E-state index contributed by atoms with van der Waals surface area (Å²) in [6.07, 6.45) is 0. The molecular formula is C14H9FNO3-. The predicted molar refractivity (Wildman–Crippen MR) is 65.1 cm³/mol. The molecular weight excluding hydrogens is 249 g/mol. The van der Waals surface area contributed by atoms with Crippen LogP contribution in [0.2, 0.25) is 0 Å². The van der Waals surface area contributed by atoms with E-state index >= 15 is 0 Å². The highest BCUT2D eigenvalue weighted by Gasteiger charge is 2.07. The molecule has 5 heteroatoms. The molecule has 1 amide bonds. The number of rotatable bonds is 3. The lowest BCUT2D eigenvalue weighted by molar-refractivity contribution is -0.255. The summed E-state index contributed by atoms with van der Waals surface area (Å²) in [6, 6.07) is 10.8. The lowest BCUT2D eigenvalue weighted by Crippen LogP contribution is -2.22. The third kappa shape index (κ3) is 3.16. The van der Waals surface area contributed by atoms with Crippen molar-refractivity contribution >= 4 is 17.6 Å². The van der Waals surface area contributed by atoms with Crippen molar-refractivity contribution in [1.82, 2.24) is 0 Å². The highest BCUT2D eigenvalue weighted by Crippen LogP contribution is 2.12. The number of aromatic carboxylic acids is 1. The number of carbonyl (C=O) groups is 2. The lowest BCUT2D eigenvalue weighted by Gasteiger charge is -2.08. The summed E-state index contributed by atoms with van der Waals surface area (Å²) in [6.45, 7) is 0. The van der Waals surface area contributed by atoms with Crippen molar-refractivity contribution in [2.45, 2.75) is 0 Å². The van der Waals surface area contributed by atoms with Crippen LogP contribution in [0.25, 0.3) is 0 Å². The number of hydrogen-bond acceptors (Lipinski definition) is 3. The van der Waals surface area contributed by atoms with Crippen molar-refractivity contribution in [3.05, 3.63) is 65.5 Å².